The SMILES string of the molecule is Cc1cc(C)nc(Nc2cccc(NC(=O)CCCOc3ccccc3)c2)n1. The van der Waals surface area contributed by atoms with Crippen molar-refractivity contribution in [2.45, 2.75) is 26.7 Å². The number of para-hydroxylation sites is 1. The van der Waals surface area contributed by atoms with E-state index in [0.29, 0.717) is 25.4 Å². The maximum absolute atomic E-state index is 12.2. The van der Waals surface area contributed by atoms with Crippen LogP contribution in [0.3, 0.4) is 0 Å². The fourth-order valence-electron chi connectivity index (χ4n) is 2.75. The van der Waals surface area contributed by atoms with Crippen LogP contribution in [0, 0.1) is 13.8 Å². The Morgan fingerprint density at radius 3 is 2.39 bits per heavy atom. The van der Waals surface area contributed by atoms with Crippen LogP contribution in [-0.4, -0.2) is 22.5 Å². The van der Waals surface area contributed by atoms with E-state index in [-0.39, 0.29) is 5.91 Å². The van der Waals surface area contributed by atoms with E-state index in [9.17, 15) is 4.79 Å². The molecular weight excluding hydrogens is 352 g/mol. The second kappa shape index (κ2) is 9.50. The van der Waals surface area contributed by atoms with E-state index in [1.807, 2.05) is 74.5 Å². The number of benzene rings is 2. The summed E-state index contributed by atoms with van der Waals surface area (Å²) in [6.07, 6.45) is 1.04. The summed E-state index contributed by atoms with van der Waals surface area (Å²) in [7, 11) is 0. The molecule has 0 radical (unpaired) electrons. The quantitative estimate of drug-likeness (QED) is 0.560. The van der Waals surface area contributed by atoms with Gasteiger partial charge in [0, 0.05) is 29.2 Å². The number of ether oxygens (including phenoxy) is 1. The van der Waals surface area contributed by atoms with Crippen LogP contribution in [0.1, 0.15) is 24.2 Å². The molecule has 6 heteroatoms. The van der Waals surface area contributed by atoms with E-state index in [1.54, 1.807) is 0 Å². The van der Waals surface area contributed by atoms with Crippen LogP contribution in [-0.2, 0) is 4.79 Å². The van der Waals surface area contributed by atoms with Crippen LogP contribution in [0.4, 0.5) is 17.3 Å². The number of anilines is 3. The van der Waals surface area contributed by atoms with Gasteiger partial charge in [-0.15, -0.1) is 0 Å². The Morgan fingerprint density at radius 1 is 0.929 bits per heavy atom. The maximum atomic E-state index is 12.2. The van der Waals surface area contributed by atoms with Crippen molar-refractivity contribution in [1.82, 2.24) is 9.97 Å². The molecule has 0 saturated carbocycles. The van der Waals surface area contributed by atoms with Crippen molar-refractivity contribution in [2.24, 2.45) is 0 Å². The second-order valence-corrected chi connectivity index (χ2v) is 6.49. The number of amides is 1. The Morgan fingerprint density at radius 2 is 1.64 bits per heavy atom. The van der Waals surface area contributed by atoms with Gasteiger partial charge in [-0.05, 0) is 56.7 Å². The Hall–Kier alpha value is -3.41. The van der Waals surface area contributed by atoms with Gasteiger partial charge in [0.25, 0.3) is 0 Å². The topological polar surface area (TPSA) is 76.1 Å². The molecule has 0 fully saturated rings. The molecule has 0 saturated heterocycles. The van der Waals surface area contributed by atoms with Crippen molar-refractivity contribution in [3.05, 3.63) is 72.1 Å². The third-order valence-corrected chi connectivity index (χ3v) is 3.94. The predicted molar refractivity (Wildman–Crippen MR) is 111 cm³/mol. The molecular formula is C22H24N4O2. The number of aromatic nitrogens is 2. The lowest BCUT2D eigenvalue weighted by atomic mass is 10.2. The minimum absolute atomic E-state index is 0.0449. The highest BCUT2D eigenvalue weighted by atomic mass is 16.5. The molecule has 1 heterocycles. The molecule has 0 bridgehead atoms. The predicted octanol–water partition coefficient (Wildman–Crippen LogP) is 4.63. The van der Waals surface area contributed by atoms with Crippen LogP contribution in [0.15, 0.2) is 60.7 Å². The average Bonchev–Trinajstić information content (AvgIpc) is 2.65. The molecule has 6 nitrogen and oxygen atoms in total. The van der Waals surface area contributed by atoms with Crippen LogP contribution in [0.2, 0.25) is 0 Å². The number of aryl methyl sites for hydroxylation is 2. The van der Waals surface area contributed by atoms with Crippen molar-refractivity contribution < 1.29 is 9.53 Å². The first-order chi connectivity index (χ1) is 13.6. The fourth-order valence-corrected chi connectivity index (χ4v) is 2.75. The molecule has 0 spiro atoms. The Kier molecular flexibility index (Phi) is 6.57. The summed E-state index contributed by atoms with van der Waals surface area (Å²) in [5.41, 5.74) is 3.34. The monoisotopic (exact) mass is 376 g/mol. The number of carbonyl (C=O) groups is 1. The minimum atomic E-state index is -0.0449. The van der Waals surface area contributed by atoms with Gasteiger partial charge >= 0.3 is 0 Å². The summed E-state index contributed by atoms with van der Waals surface area (Å²) in [6, 6.07) is 19.0. The molecule has 0 aliphatic heterocycles. The van der Waals surface area contributed by atoms with Gasteiger partial charge in [-0.2, -0.15) is 0 Å². The van der Waals surface area contributed by atoms with Gasteiger partial charge in [0.15, 0.2) is 0 Å². The van der Waals surface area contributed by atoms with Gasteiger partial charge in [0.1, 0.15) is 5.75 Å². The van der Waals surface area contributed by atoms with Gasteiger partial charge in [-0.25, -0.2) is 9.97 Å². The number of hydrogen-bond acceptors (Lipinski definition) is 5. The lowest BCUT2D eigenvalue weighted by Gasteiger charge is -2.10. The first-order valence-electron chi connectivity index (χ1n) is 9.25. The van der Waals surface area contributed by atoms with E-state index in [2.05, 4.69) is 20.6 Å². The fraction of sp³-hybridized carbons (Fsp3) is 0.227. The maximum Gasteiger partial charge on any atom is 0.227 e. The summed E-state index contributed by atoms with van der Waals surface area (Å²) in [5, 5.41) is 6.09. The molecule has 144 valence electrons. The van der Waals surface area contributed by atoms with E-state index >= 15 is 0 Å². The van der Waals surface area contributed by atoms with E-state index in [1.165, 1.54) is 0 Å². The van der Waals surface area contributed by atoms with Crippen LogP contribution in [0.5, 0.6) is 5.75 Å². The number of nitrogens with zero attached hydrogens (tertiary/aromatic N) is 2. The minimum Gasteiger partial charge on any atom is -0.494 e. The van der Waals surface area contributed by atoms with Crippen molar-refractivity contribution in [2.75, 3.05) is 17.2 Å². The zero-order valence-electron chi connectivity index (χ0n) is 16.1. The van der Waals surface area contributed by atoms with Crippen molar-refractivity contribution in [3.8, 4) is 5.75 Å². The lowest BCUT2D eigenvalue weighted by Crippen LogP contribution is -2.13. The second-order valence-electron chi connectivity index (χ2n) is 6.49. The molecule has 28 heavy (non-hydrogen) atoms. The largest absolute Gasteiger partial charge is 0.494 e. The number of hydrogen-bond donors (Lipinski definition) is 2. The van der Waals surface area contributed by atoms with E-state index in [0.717, 1.165) is 28.5 Å². The zero-order valence-corrected chi connectivity index (χ0v) is 16.1. The first kappa shape index (κ1) is 19.4. The van der Waals surface area contributed by atoms with Crippen LogP contribution < -0.4 is 15.4 Å². The molecule has 0 aliphatic carbocycles. The van der Waals surface area contributed by atoms with E-state index in [4.69, 9.17) is 4.74 Å². The van der Waals surface area contributed by atoms with Gasteiger partial charge < -0.3 is 15.4 Å². The van der Waals surface area contributed by atoms with Crippen LogP contribution >= 0.6 is 0 Å². The first-order valence-corrected chi connectivity index (χ1v) is 9.25. The summed E-state index contributed by atoms with van der Waals surface area (Å²) >= 11 is 0. The van der Waals surface area contributed by atoms with E-state index < -0.39 is 0 Å². The molecule has 2 N–H and O–H groups in total. The summed E-state index contributed by atoms with van der Waals surface area (Å²) in [4.78, 5) is 20.9. The summed E-state index contributed by atoms with van der Waals surface area (Å²) in [5.74, 6) is 1.31. The Bertz CT molecular complexity index is 909. The normalized spacial score (nSPS) is 10.4. The molecule has 1 amide bonds. The summed E-state index contributed by atoms with van der Waals surface area (Å²) in [6.45, 7) is 4.36. The van der Waals surface area contributed by atoms with Crippen LogP contribution in [0.25, 0.3) is 0 Å². The van der Waals surface area contributed by atoms with Gasteiger partial charge in [-0.3, -0.25) is 4.79 Å². The zero-order chi connectivity index (χ0) is 19.8. The highest BCUT2D eigenvalue weighted by Gasteiger charge is 2.05. The third kappa shape index (κ3) is 6.09. The number of nitrogens with one attached hydrogen (secondary N) is 2. The third-order valence-electron chi connectivity index (χ3n) is 3.94. The molecule has 3 aromatic rings. The number of rotatable bonds is 8. The van der Waals surface area contributed by atoms with Crippen molar-refractivity contribution in [3.63, 3.8) is 0 Å². The average molecular weight is 376 g/mol. The standard InChI is InChI=1S/C22H24N4O2/c1-16-14-17(2)24-22(23-16)26-19-9-6-8-18(15-19)25-21(27)12-7-13-28-20-10-4-3-5-11-20/h3-6,8-11,14-15H,7,12-13H2,1-2H3,(H,25,27)(H,23,24,26). The highest BCUT2D eigenvalue weighted by molar-refractivity contribution is 5.91. The lowest BCUT2D eigenvalue weighted by molar-refractivity contribution is -0.116. The van der Waals surface area contributed by atoms with Gasteiger partial charge in [-0.1, -0.05) is 24.3 Å². The van der Waals surface area contributed by atoms with Crippen molar-refractivity contribution in [1.29, 1.82) is 0 Å². The summed E-state index contributed by atoms with van der Waals surface area (Å²) < 4.78 is 5.61. The van der Waals surface area contributed by atoms with Gasteiger partial charge in [0.05, 0.1) is 6.61 Å². The number of carbonyl (C=O) groups excluding carboxylic acids is 1. The molecule has 0 unspecified atom stereocenters. The molecule has 3 rings (SSSR count). The Labute approximate surface area is 165 Å². The molecule has 1 aromatic heterocycles. The molecule has 0 aliphatic rings. The van der Waals surface area contributed by atoms with Crippen molar-refractivity contribution >= 4 is 23.2 Å². The van der Waals surface area contributed by atoms with Gasteiger partial charge in [0.2, 0.25) is 11.9 Å². The smallest absolute Gasteiger partial charge is 0.227 e. The molecule has 2 aromatic carbocycles. The Balaban J connectivity index is 1.48. The highest BCUT2D eigenvalue weighted by Crippen LogP contribution is 2.19. The molecule has 0 atom stereocenters.